The van der Waals surface area contributed by atoms with Crippen LogP contribution in [0, 0.1) is 0 Å². The third-order valence-electron chi connectivity index (χ3n) is 2.84. The van der Waals surface area contributed by atoms with E-state index in [4.69, 9.17) is 4.42 Å². The van der Waals surface area contributed by atoms with Crippen molar-refractivity contribution in [1.29, 1.82) is 0 Å². The predicted octanol–water partition coefficient (Wildman–Crippen LogP) is 3.33. The summed E-state index contributed by atoms with van der Waals surface area (Å²) in [6, 6.07) is 9.09. The zero-order chi connectivity index (χ0) is 13.8. The van der Waals surface area contributed by atoms with Gasteiger partial charge in [-0.15, -0.1) is 0 Å². The summed E-state index contributed by atoms with van der Waals surface area (Å²) in [4.78, 5) is 16.4. The van der Waals surface area contributed by atoms with Crippen molar-refractivity contribution in [3.63, 3.8) is 0 Å². The largest absolute Gasteiger partial charge is 0.467 e. The van der Waals surface area contributed by atoms with Gasteiger partial charge in [0.2, 0.25) is 0 Å². The molecule has 3 heterocycles. The number of carbonyl (C=O) groups excluding carboxylic acids is 1. The lowest BCUT2D eigenvalue weighted by atomic mass is 10.1. The van der Waals surface area contributed by atoms with Crippen molar-refractivity contribution in [1.82, 2.24) is 10.3 Å². The Morgan fingerprint density at radius 3 is 3.05 bits per heavy atom. The molecule has 4 nitrogen and oxygen atoms in total. The summed E-state index contributed by atoms with van der Waals surface area (Å²) in [5.74, 6) is 0.589. The Balaban J connectivity index is 1.73. The van der Waals surface area contributed by atoms with Crippen LogP contribution < -0.4 is 5.32 Å². The van der Waals surface area contributed by atoms with Gasteiger partial charge in [-0.2, -0.15) is 11.3 Å². The molecule has 0 aliphatic carbocycles. The number of hydrogen-bond donors (Lipinski definition) is 1. The van der Waals surface area contributed by atoms with Crippen molar-refractivity contribution in [2.45, 2.75) is 6.54 Å². The quantitative estimate of drug-likeness (QED) is 0.799. The van der Waals surface area contributed by atoms with E-state index in [9.17, 15) is 4.79 Å². The Morgan fingerprint density at radius 2 is 2.30 bits per heavy atom. The standard InChI is InChI=1S/C15H12N2O2S/c18-15(17-9-13-2-1-6-19-13)11-3-5-16-14(8-11)12-4-7-20-10-12/h1-8,10H,9H2,(H,17,18). The highest BCUT2D eigenvalue weighted by Gasteiger charge is 2.08. The van der Waals surface area contributed by atoms with Gasteiger partial charge in [-0.3, -0.25) is 9.78 Å². The normalized spacial score (nSPS) is 10.4. The maximum absolute atomic E-state index is 12.1. The summed E-state index contributed by atoms with van der Waals surface area (Å²) >= 11 is 1.60. The van der Waals surface area contributed by atoms with Crippen LogP contribution in [0.4, 0.5) is 0 Å². The van der Waals surface area contributed by atoms with E-state index in [2.05, 4.69) is 10.3 Å². The van der Waals surface area contributed by atoms with E-state index in [0.29, 0.717) is 12.1 Å². The monoisotopic (exact) mass is 284 g/mol. The number of nitrogens with zero attached hydrogens (tertiary/aromatic N) is 1. The van der Waals surface area contributed by atoms with Gasteiger partial charge in [0, 0.05) is 22.7 Å². The van der Waals surface area contributed by atoms with Crippen LogP contribution in [0.25, 0.3) is 11.3 Å². The van der Waals surface area contributed by atoms with Gasteiger partial charge in [-0.05, 0) is 35.7 Å². The van der Waals surface area contributed by atoms with Crippen LogP contribution >= 0.6 is 11.3 Å². The Kier molecular flexibility index (Phi) is 3.60. The average Bonchev–Trinajstić information content (AvgIpc) is 3.18. The van der Waals surface area contributed by atoms with Crippen molar-refractivity contribution < 1.29 is 9.21 Å². The van der Waals surface area contributed by atoms with Gasteiger partial charge in [-0.1, -0.05) is 0 Å². The van der Waals surface area contributed by atoms with Gasteiger partial charge in [-0.25, -0.2) is 0 Å². The third-order valence-corrected chi connectivity index (χ3v) is 3.53. The zero-order valence-electron chi connectivity index (χ0n) is 10.6. The molecule has 100 valence electrons. The first-order valence-electron chi connectivity index (χ1n) is 6.12. The van der Waals surface area contributed by atoms with Crippen molar-refractivity contribution in [2.75, 3.05) is 0 Å². The van der Waals surface area contributed by atoms with Crippen molar-refractivity contribution >= 4 is 17.2 Å². The molecule has 3 aromatic rings. The number of thiophene rings is 1. The number of nitrogens with one attached hydrogen (secondary N) is 1. The van der Waals surface area contributed by atoms with Crippen LogP contribution in [-0.4, -0.2) is 10.9 Å². The molecule has 20 heavy (non-hydrogen) atoms. The van der Waals surface area contributed by atoms with Crippen molar-refractivity contribution in [3.05, 3.63) is 64.9 Å². The van der Waals surface area contributed by atoms with Crippen LogP contribution in [0.2, 0.25) is 0 Å². The molecule has 0 bridgehead atoms. The molecule has 0 radical (unpaired) electrons. The Morgan fingerprint density at radius 1 is 1.35 bits per heavy atom. The van der Waals surface area contributed by atoms with E-state index in [1.54, 1.807) is 42.0 Å². The summed E-state index contributed by atoms with van der Waals surface area (Å²) < 4.78 is 5.18. The first-order chi connectivity index (χ1) is 9.83. The van der Waals surface area contributed by atoms with Gasteiger partial charge in [0.1, 0.15) is 5.76 Å². The van der Waals surface area contributed by atoms with Gasteiger partial charge in [0.05, 0.1) is 18.5 Å². The van der Waals surface area contributed by atoms with Crippen molar-refractivity contribution in [3.8, 4) is 11.3 Å². The molecule has 1 N–H and O–H groups in total. The van der Waals surface area contributed by atoms with Gasteiger partial charge in [0.15, 0.2) is 0 Å². The number of aromatic nitrogens is 1. The zero-order valence-corrected chi connectivity index (χ0v) is 11.4. The lowest BCUT2D eigenvalue weighted by Gasteiger charge is -2.04. The van der Waals surface area contributed by atoms with Crippen LogP contribution in [0.5, 0.6) is 0 Å². The summed E-state index contributed by atoms with van der Waals surface area (Å²) in [6.45, 7) is 0.377. The predicted molar refractivity (Wildman–Crippen MR) is 77.4 cm³/mol. The Labute approximate surface area is 120 Å². The summed E-state index contributed by atoms with van der Waals surface area (Å²) in [6.07, 6.45) is 3.23. The highest BCUT2D eigenvalue weighted by atomic mass is 32.1. The number of hydrogen-bond acceptors (Lipinski definition) is 4. The highest BCUT2D eigenvalue weighted by molar-refractivity contribution is 7.08. The number of pyridine rings is 1. The van der Waals surface area contributed by atoms with Crippen LogP contribution in [0.1, 0.15) is 16.1 Å². The second-order valence-corrected chi connectivity index (χ2v) is 4.98. The van der Waals surface area contributed by atoms with Gasteiger partial charge < -0.3 is 9.73 Å². The van der Waals surface area contributed by atoms with Gasteiger partial charge >= 0.3 is 0 Å². The summed E-state index contributed by atoms with van der Waals surface area (Å²) in [5, 5.41) is 6.81. The second-order valence-electron chi connectivity index (χ2n) is 4.20. The lowest BCUT2D eigenvalue weighted by Crippen LogP contribution is -2.22. The van der Waals surface area contributed by atoms with E-state index in [0.717, 1.165) is 17.0 Å². The summed E-state index contributed by atoms with van der Waals surface area (Å²) in [5.41, 5.74) is 2.42. The molecule has 5 heteroatoms. The smallest absolute Gasteiger partial charge is 0.251 e. The average molecular weight is 284 g/mol. The Hall–Kier alpha value is -2.40. The first-order valence-corrected chi connectivity index (χ1v) is 7.06. The van der Waals surface area contributed by atoms with Crippen LogP contribution in [0.15, 0.2) is 58.0 Å². The van der Waals surface area contributed by atoms with Gasteiger partial charge in [0.25, 0.3) is 5.91 Å². The highest BCUT2D eigenvalue weighted by Crippen LogP contribution is 2.20. The Bertz CT molecular complexity index is 691. The van der Waals surface area contributed by atoms with Crippen LogP contribution in [0.3, 0.4) is 0 Å². The number of amides is 1. The fourth-order valence-corrected chi connectivity index (χ4v) is 2.47. The lowest BCUT2D eigenvalue weighted by molar-refractivity contribution is 0.0948. The van der Waals surface area contributed by atoms with E-state index >= 15 is 0 Å². The molecule has 0 aromatic carbocycles. The topological polar surface area (TPSA) is 55.1 Å². The van der Waals surface area contributed by atoms with Crippen LogP contribution in [-0.2, 0) is 6.54 Å². The summed E-state index contributed by atoms with van der Waals surface area (Å²) in [7, 11) is 0. The molecular formula is C15H12N2O2S. The van der Waals surface area contributed by atoms with E-state index in [1.165, 1.54) is 0 Å². The number of rotatable bonds is 4. The maximum Gasteiger partial charge on any atom is 0.251 e. The molecule has 0 aliphatic heterocycles. The first kappa shape index (κ1) is 12.6. The maximum atomic E-state index is 12.1. The third kappa shape index (κ3) is 2.78. The minimum atomic E-state index is -0.139. The molecule has 0 fully saturated rings. The minimum Gasteiger partial charge on any atom is -0.467 e. The fraction of sp³-hybridized carbons (Fsp3) is 0.0667. The molecular weight excluding hydrogens is 272 g/mol. The molecule has 0 atom stereocenters. The number of furan rings is 1. The molecule has 1 amide bonds. The molecule has 0 saturated heterocycles. The molecule has 0 spiro atoms. The molecule has 0 saturated carbocycles. The molecule has 0 aliphatic rings. The second kappa shape index (κ2) is 5.71. The van der Waals surface area contributed by atoms with E-state index in [1.807, 2.05) is 22.9 Å². The molecule has 3 aromatic heterocycles. The number of carbonyl (C=O) groups is 1. The fourth-order valence-electron chi connectivity index (χ4n) is 1.82. The molecule has 3 rings (SSSR count). The van der Waals surface area contributed by atoms with E-state index in [-0.39, 0.29) is 5.91 Å². The molecule has 0 unspecified atom stereocenters. The minimum absolute atomic E-state index is 0.139. The SMILES string of the molecule is O=C(NCc1ccco1)c1ccnc(-c2ccsc2)c1. The van der Waals surface area contributed by atoms with E-state index < -0.39 is 0 Å². The van der Waals surface area contributed by atoms with Crippen molar-refractivity contribution in [2.24, 2.45) is 0 Å².